The lowest BCUT2D eigenvalue weighted by atomic mass is 10.1. The number of amides is 1. The summed E-state index contributed by atoms with van der Waals surface area (Å²) in [5, 5.41) is 0. The van der Waals surface area contributed by atoms with Gasteiger partial charge in [0, 0.05) is 0 Å². The number of para-hydroxylation sites is 1. The zero-order valence-corrected chi connectivity index (χ0v) is 13.8. The van der Waals surface area contributed by atoms with Gasteiger partial charge in [-0.3, -0.25) is 4.72 Å². The summed E-state index contributed by atoms with van der Waals surface area (Å²) in [6.07, 6.45) is -0.890. The van der Waals surface area contributed by atoms with Crippen LogP contribution in [0.25, 0.3) is 0 Å². The maximum atomic E-state index is 12.5. The molecule has 1 aromatic rings. The molecular weight excluding hydrogens is 349 g/mol. The fourth-order valence-corrected chi connectivity index (χ4v) is 2.78. The molecular formula is C14H17F3N2O4S. The summed E-state index contributed by atoms with van der Waals surface area (Å²) in [6.45, 7) is 4.00. The summed E-state index contributed by atoms with van der Waals surface area (Å²) in [5.74, 6) is 0.0953. The third-order valence-electron chi connectivity index (χ3n) is 3.58. The van der Waals surface area contributed by atoms with Crippen LogP contribution in [-0.2, 0) is 21.3 Å². The van der Waals surface area contributed by atoms with E-state index in [1.54, 1.807) is 6.07 Å². The van der Waals surface area contributed by atoms with Crippen molar-refractivity contribution < 1.29 is 31.1 Å². The summed E-state index contributed by atoms with van der Waals surface area (Å²) >= 11 is 0. The molecule has 1 aliphatic heterocycles. The van der Waals surface area contributed by atoms with Gasteiger partial charge in [0.05, 0.1) is 18.8 Å². The van der Waals surface area contributed by atoms with Crippen molar-refractivity contribution in [3.63, 3.8) is 0 Å². The lowest BCUT2D eigenvalue weighted by molar-refractivity contribution is -0.0429. The van der Waals surface area contributed by atoms with Crippen LogP contribution in [0.2, 0.25) is 0 Å². The largest absolute Gasteiger partial charge is 0.516 e. The van der Waals surface area contributed by atoms with Gasteiger partial charge in [0.1, 0.15) is 6.10 Å². The molecule has 1 heterocycles. The molecule has 1 unspecified atom stereocenters. The molecule has 1 saturated heterocycles. The first kappa shape index (κ1) is 18.4. The van der Waals surface area contributed by atoms with Gasteiger partial charge in [-0.1, -0.05) is 32.0 Å². The molecule has 0 spiro atoms. The van der Waals surface area contributed by atoms with Gasteiger partial charge in [0.15, 0.2) is 0 Å². The summed E-state index contributed by atoms with van der Waals surface area (Å²) in [7, 11) is -5.53. The van der Waals surface area contributed by atoms with Gasteiger partial charge < -0.3 is 9.64 Å². The van der Waals surface area contributed by atoms with Gasteiger partial charge in [-0.2, -0.15) is 21.6 Å². The van der Waals surface area contributed by atoms with Crippen LogP contribution in [0.5, 0.6) is 0 Å². The molecule has 0 saturated carbocycles. The van der Waals surface area contributed by atoms with Crippen LogP contribution in [0.4, 0.5) is 23.7 Å². The molecule has 134 valence electrons. The second-order valence-corrected chi connectivity index (χ2v) is 7.43. The first-order chi connectivity index (χ1) is 11.0. The quantitative estimate of drug-likeness (QED) is 0.869. The lowest BCUT2D eigenvalue weighted by Crippen LogP contribution is -2.31. The number of hydrogen-bond donors (Lipinski definition) is 1. The van der Waals surface area contributed by atoms with Crippen molar-refractivity contribution in [3.8, 4) is 0 Å². The monoisotopic (exact) mass is 366 g/mol. The van der Waals surface area contributed by atoms with Crippen molar-refractivity contribution in [2.75, 3.05) is 11.3 Å². The summed E-state index contributed by atoms with van der Waals surface area (Å²) in [5.41, 5.74) is -5.41. The number of hydrogen-bond acceptors (Lipinski definition) is 4. The van der Waals surface area contributed by atoms with E-state index in [9.17, 15) is 26.4 Å². The fraction of sp³-hybridized carbons (Fsp3) is 0.500. The average molecular weight is 366 g/mol. The van der Waals surface area contributed by atoms with E-state index in [-0.39, 0.29) is 36.4 Å². The highest BCUT2D eigenvalue weighted by Gasteiger charge is 2.46. The highest BCUT2D eigenvalue weighted by atomic mass is 32.2. The lowest BCUT2D eigenvalue weighted by Gasteiger charge is -2.18. The Kier molecular flexibility index (Phi) is 4.97. The number of carbonyl (C=O) groups excluding carboxylic acids is 1. The Morgan fingerprint density at radius 3 is 2.50 bits per heavy atom. The Bertz CT molecular complexity index is 719. The minimum Gasteiger partial charge on any atom is -0.444 e. The van der Waals surface area contributed by atoms with E-state index < -0.39 is 21.6 Å². The van der Waals surface area contributed by atoms with Crippen molar-refractivity contribution >= 4 is 21.8 Å². The van der Waals surface area contributed by atoms with E-state index in [1.165, 1.54) is 27.8 Å². The first-order valence-electron chi connectivity index (χ1n) is 7.14. The van der Waals surface area contributed by atoms with Crippen molar-refractivity contribution in [1.82, 2.24) is 4.90 Å². The van der Waals surface area contributed by atoms with Crippen molar-refractivity contribution in [1.29, 1.82) is 0 Å². The molecule has 1 atom stereocenters. The highest BCUT2D eigenvalue weighted by molar-refractivity contribution is 7.93. The molecule has 0 bridgehead atoms. The number of nitrogens with zero attached hydrogens (tertiary/aromatic N) is 1. The Balaban J connectivity index is 2.20. The van der Waals surface area contributed by atoms with Gasteiger partial charge >= 0.3 is 21.6 Å². The molecule has 0 aromatic heterocycles. The van der Waals surface area contributed by atoms with Crippen LogP contribution in [0.1, 0.15) is 19.4 Å². The van der Waals surface area contributed by atoms with E-state index >= 15 is 0 Å². The number of ether oxygens (including phenoxy) is 1. The minimum atomic E-state index is -5.53. The van der Waals surface area contributed by atoms with Crippen LogP contribution in [-0.4, -0.2) is 37.6 Å². The van der Waals surface area contributed by atoms with E-state index in [0.717, 1.165) is 0 Å². The second-order valence-electron chi connectivity index (χ2n) is 5.76. The third-order valence-corrected chi connectivity index (χ3v) is 4.68. The molecule has 0 aliphatic carbocycles. The highest BCUT2D eigenvalue weighted by Crippen LogP contribution is 2.28. The van der Waals surface area contributed by atoms with Crippen molar-refractivity contribution in [2.45, 2.75) is 32.0 Å². The van der Waals surface area contributed by atoms with E-state index in [0.29, 0.717) is 0 Å². The number of halogens is 3. The van der Waals surface area contributed by atoms with Crippen LogP contribution in [0.15, 0.2) is 24.3 Å². The number of rotatable bonds is 5. The standard InChI is InChI=1S/C14H17F3N2O4S/c1-9(2)12-8-19(13(20)23-12)7-10-5-3-4-6-11(10)18-24(21,22)14(15,16)17/h3-6,9,12,18H,7-8H2,1-2H3. The van der Waals surface area contributed by atoms with Crippen LogP contribution < -0.4 is 4.72 Å². The van der Waals surface area contributed by atoms with Gasteiger partial charge in [-0.15, -0.1) is 0 Å². The number of anilines is 1. The van der Waals surface area contributed by atoms with Crippen LogP contribution in [0, 0.1) is 5.92 Å². The van der Waals surface area contributed by atoms with E-state index in [4.69, 9.17) is 4.74 Å². The number of alkyl halides is 3. The number of nitrogens with one attached hydrogen (secondary N) is 1. The fourth-order valence-electron chi connectivity index (χ4n) is 2.18. The van der Waals surface area contributed by atoms with Crippen LogP contribution in [0.3, 0.4) is 0 Å². The maximum Gasteiger partial charge on any atom is 0.516 e. The van der Waals surface area contributed by atoms with Crippen molar-refractivity contribution in [2.24, 2.45) is 5.92 Å². The molecule has 1 aromatic carbocycles. The number of cyclic esters (lactones) is 1. The van der Waals surface area contributed by atoms with Gasteiger partial charge in [0.2, 0.25) is 0 Å². The minimum absolute atomic E-state index is 0.0569. The third kappa shape index (κ3) is 3.92. The Labute approximate surface area is 137 Å². The number of benzene rings is 1. The molecule has 1 N–H and O–H groups in total. The van der Waals surface area contributed by atoms with Gasteiger partial charge in [-0.05, 0) is 17.5 Å². The Morgan fingerprint density at radius 2 is 1.96 bits per heavy atom. The average Bonchev–Trinajstić information content (AvgIpc) is 2.81. The summed E-state index contributed by atoms with van der Waals surface area (Å²) in [4.78, 5) is 13.2. The smallest absolute Gasteiger partial charge is 0.444 e. The molecule has 6 nitrogen and oxygen atoms in total. The van der Waals surface area contributed by atoms with Gasteiger partial charge in [0.25, 0.3) is 0 Å². The topological polar surface area (TPSA) is 75.7 Å². The SMILES string of the molecule is CC(C)C1CN(Cc2ccccc2NS(=O)(=O)C(F)(F)F)C(=O)O1. The Hall–Kier alpha value is -1.97. The zero-order valence-electron chi connectivity index (χ0n) is 13.0. The normalized spacial score (nSPS) is 18.8. The van der Waals surface area contributed by atoms with Crippen LogP contribution >= 0.6 is 0 Å². The molecule has 0 radical (unpaired) electrons. The van der Waals surface area contributed by atoms with E-state index in [1.807, 2.05) is 13.8 Å². The molecule has 24 heavy (non-hydrogen) atoms. The maximum absolute atomic E-state index is 12.5. The first-order valence-corrected chi connectivity index (χ1v) is 8.62. The number of carbonyl (C=O) groups is 1. The van der Waals surface area contributed by atoms with Gasteiger partial charge in [-0.25, -0.2) is 4.79 Å². The molecule has 2 rings (SSSR count). The zero-order chi connectivity index (χ0) is 18.1. The summed E-state index contributed by atoms with van der Waals surface area (Å²) in [6, 6.07) is 5.60. The molecule has 10 heteroatoms. The molecule has 1 fully saturated rings. The molecule has 1 aliphatic rings. The second kappa shape index (κ2) is 6.50. The number of sulfonamides is 1. The predicted molar refractivity (Wildman–Crippen MR) is 80.6 cm³/mol. The predicted octanol–water partition coefficient (Wildman–Crippen LogP) is 2.92. The van der Waals surface area contributed by atoms with Crippen molar-refractivity contribution in [3.05, 3.63) is 29.8 Å². The van der Waals surface area contributed by atoms with E-state index in [2.05, 4.69) is 0 Å². The molecule has 1 amide bonds. The summed E-state index contributed by atoms with van der Waals surface area (Å²) < 4.78 is 66.8. The Morgan fingerprint density at radius 1 is 1.33 bits per heavy atom.